The number of benzene rings is 1. The van der Waals surface area contributed by atoms with E-state index in [1.165, 1.54) is 18.0 Å². The highest BCUT2D eigenvalue weighted by Crippen LogP contribution is 2.25. The Hall–Kier alpha value is -2.61. The molecule has 0 unspecified atom stereocenters. The minimum absolute atomic E-state index is 0.0388. The summed E-state index contributed by atoms with van der Waals surface area (Å²) in [5.74, 6) is -0.656. The molecular formula is C19H24N4O3S. The molecule has 0 spiro atoms. The molecule has 27 heavy (non-hydrogen) atoms. The van der Waals surface area contributed by atoms with Crippen molar-refractivity contribution in [2.75, 3.05) is 17.7 Å². The Morgan fingerprint density at radius 2 is 2.07 bits per heavy atom. The number of nitrogen functional groups attached to an aromatic ring is 1. The molecule has 0 aliphatic heterocycles. The van der Waals surface area contributed by atoms with Gasteiger partial charge in [-0.15, -0.1) is 0 Å². The second-order valence-corrected chi connectivity index (χ2v) is 6.90. The van der Waals surface area contributed by atoms with Crippen LogP contribution in [0.25, 0.3) is 0 Å². The van der Waals surface area contributed by atoms with Crippen molar-refractivity contribution in [3.63, 3.8) is 0 Å². The van der Waals surface area contributed by atoms with Gasteiger partial charge < -0.3 is 15.8 Å². The molecule has 1 aromatic heterocycles. The van der Waals surface area contributed by atoms with Gasteiger partial charge in [-0.3, -0.25) is 4.79 Å². The van der Waals surface area contributed by atoms with Gasteiger partial charge in [0, 0.05) is 11.9 Å². The number of nitrogens with one attached hydrogen (secondary N) is 1. The van der Waals surface area contributed by atoms with Crippen molar-refractivity contribution >= 4 is 35.1 Å². The van der Waals surface area contributed by atoms with E-state index in [-0.39, 0.29) is 29.1 Å². The zero-order chi connectivity index (χ0) is 19.8. The summed E-state index contributed by atoms with van der Waals surface area (Å²) in [4.78, 5) is 32.6. The fourth-order valence-electron chi connectivity index (χ4n) is 2.34. The minimum Gasteiger partial charge on any atom is -0.462 e. The average molecular weight is 388 g/mol. The van der Waals surface area contributed by atoms with Crippen molar-refractivity contribution in [2.45, 2.75) is 44.0 Å². The molecule has 0 aliphatic rings. The normalized spacial score (nSPS) is 11.7. The Bertz CT molecular complexity index is 813. The van der Waals surface area contributed by atoms with Gasteiger partial charge >= 0.3 is 5.97 Å². The van der Waals surface area contributed by atoms with E-state index in [4.69, 9.17) is 10.5 Å². The van der Waals surface area contributed by atoms with Gasteiger partial charge in [-0.2, -0.15) is 0 Å². The molecule has 3 N–H and O–H groups in total. The number of aromatic nitrogens is 2. The number of ether oxygens (including phenoxy) is 1. The smallest absolute Gasteiger partial charge is 0.343 e. The van der Waals surface area contributed by atoms with Crippen LogP contribution in [0.4, 0.5) is 11.5 Å². The number of rotatable bonds is 8. The third kappa shape index (κ3) is 5.68. The SMILES string of the molecule is CCOC(=O)c1cnc(S[C@H](CC)C(=O)Nc2cccc(CC)c2)nc1N. The molecule has 7 nitrogen and oxygen atoms in total. The van der Waals surface area contributed by atoms with Crippen LogP contribution in [0.1, 0.15) is 43.1 Å². The molecule has 1 atom stereocenters. The minimum atomic E-state index is -0.563. The molecule has 2 rings (SSSR count). The van der Waals surface area contributed by atoms with Gasteiger partial charge in [-0.05, 0) is 37.5 Å². The van der Waals surface area contributed by atoms with Crippen molar-refractivity contribution in [3.8, 4) is 0 Å². The number of anilines is 2. The van der Waals surface area contributed by atoms with E-state index >= 15 is 0 Å². The summed E-state index contributed by atoms with van der Waals surface area (Å²) in [5.41, 5.74) is 7.87. The number of carbonyl (C=O) groups excluding carboxylic acids is 2. The van der Waals surface area contributed by atoms with Crippen LogP contribution in [-0.4, -0.2) is 33.7 Å². The molecule has 8 heteroatoms. The van der Waals surface area contributed by atoms with Crippen molar-refractivity contribution in [3.05, 3.63) is 41.6 Å². The topological polar surface area (TPSA) is 107 Å². The summed E-state index contributed by atoms with van der Waals surface area (Å²) >= 11 is 1.21. The van der Waals surface area contributed by atoms with Gasteiger partial charge in [0.1, 0.15) is 11.4 Å². The summed E-state index contributed by atoms with van der Waals surface area (Å²) in [6.07, 6.45) is 2.82. The number of nitrogens with zero attached hydrogens (tertiary/aromatic N) is 2. The Balaban J connectivity index is 2.08. The molecule has 2 aromatic rings. The maximum atomic E-state index is 12.6. The lowest BCUT2D eigenvalue weighted by Crippen LogP contribution is -2.25. The van der Waals surface area contributed by atoms with Crippen LogP contribution in [0.5, 0.6) is 0 Å². The fourth-order valence-corrected chi connectivity index (χ4v) is 3.19. The lowest BCUT2D eigenvalue weighted by atomic mass is 10.1. The van der Waals surface area contributed by atoms with E-state index in [1.54, 1.807) is 6.92 Å². The summed E-state index contributed by atoms with van der Waals surface area (Å²) in [7, 11) is 0. The Morgan fingerprint density at radius 1 is 1.30 bits per heavy atom. The van der Waals surface area contributed by atoms with E-state index in [1.807, 2.05) is 31.2 Å². The summed E-state index contributed by atoms with van der Waals surface area (Å²) < 4.78 is 4.90. The highest BCUT2D eigenvalue weighted by Gasteiger charge is 2.21. The summed E-state index contributed by atoms with van der Waals surface area (Å²) in [6, 6.07) is 7.75. The van der Waals surface area contributed by atoms with Crippen molar-refractivity contribution in [1.29, 1.82) is 0 Å². The number of amides is 1. The standard InChI is InChI=1S/C19H24N4O3S/c1-4-12-8-7-9-13(10-12)22-17(24)15(5-2)27-19-21-11-14(16(20)23-19)18(25)26-6-3/h7-11,15H,4-6H2,1-3H3,(H,22,24)(H2,20,21,23)/t15-/m1/s1. The molecule has 0 saturated heterocycles. The van der Waals surface area contributed by atoms with Gasteiger partial charge in [0.15, 0.2) is 5.16 Å². The average Bonchev–Trinajstić information content (AvgIpc) is 2.66. The lowest BCUT2D eigenvalue weighted by Gasteiger charge is -2.14. The Labute approximate surface area is 163 Å². The predicted octanol–water partition coefficient (Wildman–Crippen LogP) is 3.31. The fraction of sp³-hybridized carbons (Fsp3) is 0.368. The van der Waals surface area contributed by atoms with Gasteiger partial charge in [0.05, 0.1) is 11.9 Å². The van der Waals surface area contributed by atoms with E-state index in [9.17, 15) is 9.59 Å². The quantitative estimate of drug-likeness (QED) is 0.406. The second kappa shape index (κ2) is 9.91. The molecule has 1 heterocycles. The molecule has 144 valence electrons. The summed E-state index contributed by atoms with van der Waals surface area (Å²) in [5, 5.41) is 2.88. The number of esters is 1. The molecule has 0 fully saturated rings. The number of nitrogens with two attached hydrogens (primary N) is 1. The first-order chi connectivity index (χ1) is 13.0. The van der Waals surface area contributed by atoms with E-state index in [0.29, 0.717) is 11.6 Å². The number of carbonyl (C=O) groups is 2. The number of thioether (sulfide) groups is 1. The van der Waals surface area contributed by atoms with Crippen LogP contribution in [0.3, 0.4) is 0 Å². The Morgan fingerprint density at radius 3 is 2.70 bits per heavy atom. The molecular weight excluding hydrogens is 364 g/mol. The van der Waals surface area contributed by atoms with Crippen molar-refractivity contribution in [1.82, 2.24) is 9.97 Å². The second-order valence-electron chi connectivity index (χ2n) is 5.73. The van der Waals surface area contributed by atoms with Crippen LogP contribution in [0, 0.1) is 0 Å². The van der Waals surface area contributed by atoms with E-state index in [2.05, 4.69) is 22.2 Å². The number of hydrogen-bond acceptors (Lipinski definition) is 7. The zero-order valence-electron chi connectivity index (χ0n) is 15.7. The van der Waals surface area contributed by atoms with Crippen molar-refractivity contribution in [2.24, 2.45) is 0 Å². The van der Waals surface area contributed by atoms with Crippen molar-refractivity contribution < 1.29 is 14.3 Å². The highest BCUT2D eigenvalue weighted by molar-refractivity contribution is 8.00. The van der Waals surface area contributed by atoms with E-state index in [0.717, 1.165) is 17.7 Å². The molecule has 1 aromatic carbocycles. The molecule has 1 amide bonds. The van der Waals surface area contributed by atoms with Gasteiger partial charge in [0.2, 0.25) is 5.91 Å². The van der Waals surface area contributed by atoms with Crippen LogP contribution in [-0.2, 0) is 16.0 Å². The number of aryl methyl sites for hydroxylation is 1. The van der Waals surface area contributed by atoms with Crippen LogP contribution in [0.2, 0.25) is 0 Å². The first kappa shape index (κ1) is 20.7. The first-order valence-electron chi connectivity index (χ1n) is 8.84. The Kier molecular flexibility index (Phi) is 7.60. The molecule has 0 aliphatic carbocycles. The van der Waals surface area contributed by atoms with Crippen LogP contribution >= 0.6 is 11.8 Å². The number of hydrogen-bond donors (Lipinski definition) is 2. The lowest BCUT2D eigenvalue weighted by molar-refractivity contribution is -0.115. The van der Waals surface area contributed by atoms with Crippen LogP contribution in [0.15, 0.2) is 35.6 Å². The van der Waals surface area contributed by atoms with Gasteiger partial charge in [0.25, 0.3) is 0 Å². The molecule has 0 radical (unpaired) electrons. The van der Waals surface area contributed by atoms with E-state index < -0.39 is 5.97 Å². The van der Waals surface area contributed by atoms with Gasteiger partial charge in [-0.1, -0.05) is 37.7 Å². The highest BCUT2D eigenvalue weighted by atomic mass is 32.2. The zero-order valence-corrected chi connectivity index (χ0v) is 16.5. The maximum Gasteiger partial charge on any atom is 0.343 e. The van der Waals surface area contributed by atoms with Crippen LogP contribution < -0.4 is 11.1 Å². The first-order valence-corrected chi connectivity index (χ1v) is 9.72. The third-order valence-corrected chi connectivity index (χ3v) is 5.04. The largest absolute Gasteiger partial charge is 0.462 e. The van der Waals surface area contributed by atoms with Gasteiger partial charge in [-0.25, -0.2) is 14.8 Å². The predicted molar refractivity (Wildman–Crippen MR) is 107 cm³/mol. The maximum absolute atomic E-state index is 12.6. The molecule has 0 saturated carbocycles. The molecule has 0 bridgehead atoms. The monoisotopic (exact) mass is 388 g/mol. The third-order valence-electron chi connectivity index (χ3n) is 3.81. The summed E-state index contributed by atoms with van der Waals surface area (Å²) in [6.45, 7) is 5.93.